The maximum Gasteiger partial charge on any atom is 0.217 e. The second kappa shape index (κ2) is 13.1. The summed E-state index contributed by atoms with van der Waals surface area (Å²) in [6.07, 6.45) is 1.56. The number of rotatable bonds is 7. The Balaban J connectivity index is 0.00000200. The fourth-order valence-electron chi connectivity index (χ4n) is 4.37. The van der Waals surface area contributed by atoms with Gasteiger partial charge in [-0.3, -0.25) is 0 Å². The highest BCUT2D eigenvalue weighted by atomic mass is 35.5. The SMILES string of the molecule is Cl.Cl.O=C([O-])N1CCN(c2ccc(OCC3COC(Cn4cncn4)(c4ccc(Cl)cc4Cl)O3)cc2)CC1. The molecule has 0 saturated carbocycles. The second-order valence-electron chi connectivity index (χ2n) is 8.57. The van der Waals surface area contributed by atoms with Crippen LogP contribution in [0.2, 0.25) is 10.0 Å². The second-order valence-corrected chi connectivity index (χ2v) is 9.41. The van der Waals surface area contributed by atoms with Crippen molar-refractivity contribution in [2.75, 3.05) is 44.3 Å². The van der Waals surface area contributed by atoms with E-state index in [0.717, 1.165) is 5.69 Å². The third kappa shape index (κ3) is 6.74. The van der Waals surface area contributed by atoms with Gasteiger partial charge in [0.15, 0.2) is 0 Å². The molecule has 3 aromatic rings. The number of nitrogens with zero attached hydrogens (tertiary/aromatic N) is 5. The summed E-state index contributed by atoms with van der Waals surface area (Å²) < 4.78 is 20.2. The predicted octanol–water partition coefficient (Wildman–Crippen LogP) is 3.24. The van der Waals surface area contributed by atoms with E-state index >= 15 is 0 Å². The van der Waals surface area contributed by atoms with Crippen LogP contribution in [-0.4, -0.2) is 71.3 Å². The highest BCUT2D eigenvalue weighted by Gasteiger charge is 2.45. The molecule has 1 amide bonds. The Morgan fingerprint density at radius 1 is 1.11 bits per heavy atom. The third-order valence-corrected chi connectivity index (χ3v) is 6.76. The molecule has 2 atom stereocenters. The van der Waals surface area contributed by atoms with Crippen LogP contribution in [-0.2, 0) is 21.8 Å². The molecular weight excluding hydrogens is 580 g/mol. The highest BCUT2D eigenvalue weighted by molar-refractivity contribution is 6.35. The van der Waals surface area contributed by atoms with E-state index in [-0.39, 0.29) is 44.1 Å². The van der Waals surface area contributed by atoms with Gasteiger partial charge in [-0.1, -0.05) is 29.3 Å². The van der Waals surface area contributed by atoms with Gasteiger partial charge in [-0.25, -0.2) is 9.67 Å². The number of hydrogen-bond donors (Lipinski definition) is 0. The smallest absolute Gasteiger partial charge is 0.217 e. The summed E-state index contributed by atoms with van der Waals surface area (Å²) in [4.78, 5) is 18.4. The van der Waals surface area contributed by atoms with E-state index in [9.17, 15) is 9.90 Å². The lowest BCUT2D eigenvalue weighted by molar-refractivity contribution is -0.265. The summed E-state index contributed by atoms with van der Waals surface area (Å²) in [5.74, 6) is -0.477. The van der Waals surface area contributed by atoms with E-state index in [1.54, 1.807) is 29.2 Å². The Labute approximate surface area is 242 Å². The molecule has 0 bridgehead atoms. The van der Waals surface area contributed by atoms with Crippen LogP contribution in [0.1, 0.15) is 5.56 Å². The Morgan fingerprint density at radius 3 is 2.47 bits per heavy atom. The van der Waals surface area contributed by atoms with E-state index in [4.69, 9.17) is 37.4 Å². The molecule has 2 aliphatic heterocycles. The van der Waals surface area contributed by atoms with Crippen LogP contribution < -0.4 is 14.7 Å². The van der Waals surface area contributed by atoms with Crippen molar-refractivity contribution in [1.82, 2.24) is 19.7 Å². The molecule has 0 spiro atoms. The molecule has 14 heteroatoms. The first-order chi connectivity index (χ1) is 17.4. The number of amides is 1. The number of ether oxygens (including phenoxy) is 3. The number of benzene rings is 2. The molecule has 5 rings (SSSR count). The fraction of sp³-hybridized carbons (Fsp3) is 0.375. The zero-order valence-corrected chi connectivity index (χ0v) is 23.2. The average molecular weight is 606 g/mol. The quantitative estimate of drug-likeness (QED) is 0.404. The molecule has 2 saturated heterocycles. The first-order valence-electron chi connectivity index (χ1n) is 11.5. The summed E-state index contributed by atoms with van der Waals surface area (Å²) in [5, 5.41) is 16.1. The number of carbonyl (C=O) groups is 1. The minimum atomic E-state index is -1.17. The summed E-state index contributed by atoms with van der Waals surface area (Å²) >= 11 is 12.6. The Kier molecular flexibility index (Phi) is 10.3. The van der Waals surface area contributed by atoms with Crippen molar-refractivity contribution in [3.8, 4) is 5.75 Å². The van der Waals surface area contributed by atoms with Crippen LogP contribution >= 0.6 is 48.0 Å². The minimum Gasteiger partial charge on any atom is -0.530 e. The topological polar surface area (TPSA) is 105 Å². The molecular formula is C24H26Cl4N5O5-. The lowest BCUT2D eigenvalue weighted by Gasteiger charge is -2.37. The van der Waals surface area contributed by atoms with Crippen molar-refractivity contribution in [1.29, 1.82) is 0 Å². The van der Waals surface area contributed by atoms with E-state index in [0.29, 0.717) is 54.1 Å². The average Bonchev–Trinajstić information content (AvgIpc) is 3.54. The zero-order valence-electron chi connectivity index (χ0n) is 20.1. The monoisotopic (exact) mass is 604 g/mol. The normalized spacial score (nSPS) is 20.9. The third-order valence-electron chi connectivity index (χ3n) is 6.21. The van der Waals surface area contributed by atoms with Gasteiger partial charge in [-0.2, -0.15) is 5.10 Å². The van der Waals surface area contributed by atoms with E-state index in [1.165, 1.54) is 11.2 Å². The zero-order chi connectivity index (χ0) is 25.1. The largest absolute Gasteiger partial charge is 0.530 e. The maximum absolute atomic E-state index is 11.0. The molecule has 2 unspecified atom stereocenters. The van der Waals surface area contributed by atoms with Crippen molar-refractivity contribution < 1.29 is 24.1 Å². The Morgan fingerprint density at radius 2 is 1.84 bits per heavy atom. The number of hydrogen-bond acceptors (Lipinski definition) is 8. The minimum absolute atomic E-state index is 0. The van der Waals surface area contributed by atoms with Gasteiger partial charge in [0.1, 0.15) is 43.8 Å². The molecule has 3 heterocycles. The van der Waals surface area contributed by atoms with E-state index in [2.05, 4.69) is 15.0 Å². The molecule has 38 heavy (non-hydrogen) atoms. The number of anilines is 1. The molecule has 1 aromatic heterocycles. The van der Waals surface area contributed by atoms with Crippen LogP contribution in [0.25, 0.3) is 0 Å². The van der Waals surface area contributed by atoms with Crippen LogP contribution in [0.4, 0.5) is 10.5 Å². The molecule has 0 radical (unpaired) electrons. The first kappa shape index (κ1) is 30.1. The van der Waals surface area contributed by atoms with Gasteiger partial charge in [0, 0.05) is 42.5 Å². The van der Waals surface area contributed by atoms with Crippen LogP contribution in [0.5, 0.6) is 5.75 Å². The van der Waals surface area contributed by atoms with Crippen molar-refractivity contribution in [2.45, 2.75) is 18.4 Å². The lowest BCUT2D eigenvalue weighted by Crippen LogP contribution is -2.52. The summed E-state index contributed by atoms with van der Waals surface area (Å²) in [6, 6.07) is 12.9. The number of carbonyl (C=O) groups excluding carboxylic acids is 1. The lowest BCUT2D eigenvalue weighted by atomic mass is 10.1. The first-order valence-corrected chi connectivity index (χ1v) is 12.2. The van der Waals surface area contributed by atoms with Crippen molar-refractivity contribution >= 4 is 59.8 Å². The van der Waals surface area contributed by atoms with Gasteiger partial charge in [0.25, 0.3) is 0 Å². The van der Waals surface area contributed by atoms with Crippen LogP contribution in [0.3, 0.4) is 0 Å². The van der Waals surface area contributed by atoms with E-state index in [1.807, 2.05) is 24.3 Å². The maximum atomic E-state index is 11.0. The molecule has 2 fully saturated rings. The van der Waals surface area contributed by atoms with Crippen molar-refractivity contribution in [2.24, 2.45) is 0 Å². The van der Waals surface area contributed by atoms with Crippen molar-refractivity contribution in [3.63, 3.8) is 0 Å². The van der Waals surface area contributed by atoms with Gasteiger partial charge >= 0.3 is 0 Å². The summed E-state index contributed by atoms with van der Waals surface area (Å²) in [6.45, 7) is 2.90. The number of carboxylic acid groups (broad SMARTS) is 1. The standard InChI is InChI=1S/C24H25Cl2N5O5.2ClH/c25-17-1-6-21(22(26)11-17)24(14-31-16-27-15-28-31)35-13-20(36-24)12-34-19-4-2-18(3-5-19)29-7-9-30(10-8-29)23(32)33;;/h1-6,11,15-16,20H,7-10,12-14H2,(H,32,33);2*1H/p-1. The van der Waals surface area contributed by atoms with Gasteiger partial charge in [0.05, 0.1) is 11.6 Å². The molecule has 10 nitrogen and oxygen atoms in total. The molecule has 2 aliphatic rings. The van der Waals surface area contributed by atoms with Gasteiger partial charge in [0.2, 0.25) is 5.79 Å². The van der Waals surface area contributed by atoms with Gasteiger partial charge < -0.3 is 33.9 Å². The molecule has 2 aromatic carbocycles. The van der Waals surface area contributed by atoms with Gasteiger partial charge in [-0.05, 0) is 36.4 Å². The fourth-order valence-corrected chi connectivity index (χ4v) is 4.92. The van der Waals surface area contributed by atoms with Gasteiger partial charge in [-0.15, -0.1) is 24.8 Å². The highest BCUT2D eigenvalue weighted by Crippen LogP contribution is 2.40. The summed E-state index contributed by atoms with van der Waals surface area (Å²) in [7, 11) is 0. The number of piperazine rings is 1. The van der Waals surface area contributed by atoms with Crippen LogP contribution in [0, 0.1) is 0 Å². The van der Waals surface area contributed by atoms with Crippen molar-refractivity contribution in [3.05, 3.63) is 70.7 Å². The number of aromatic nitrogens is 3. The molecule has 206 valence electrons. The Hall–Kier alpha value is -2.47. The summed E-state index contributed by atoms with van der Waals surface area (Å²) in [5.41, 5.74) is 1.65. The Bertz CT molecular complexity index is 1200. The predicted molar refractivity (Wildman–Crippen MR) is 145 cm³/mol. The molecule has 0 N–H and O–H groups in total. The number of halogens is 4. The van der Waals surface area contributed by atoms with Crippen LogP contribution in [0.15, 0.2) is 55.1 Å². The molecule has 0 aliphatic carbocycles. The van der Waals surface area contributed by atoms with E-state index < -0.39 is 11.9 Å².